The number of hydrogen-bond donors (Lipinski definition) is 1. The predicted octanol–water partition coefficient (Wildman–Crippen LogP) is 4.50. The third-order valence-corrected chi connectivity index (χ3v) is 3.09. The minimum Gasteiger partial charge on any atom is -0.491 e. The van der Waals surface area contributed by atoms with Crippen molar-refractivity contribution >= 4 is 21.6 Å². The van der Waals surface area contributed by atoms with E-state index in [1.807, 2.05) is 0 Å². The largest absolute Gasteiger partial charge is 0.491 e. The molecule has 0 spiro atoms. The lowest BCUT2D eigenvalue weighted by Gasteiger charge is -2.12. The van der Waals surface area contributed by atoms with Crippen molar-refractivity contribution in [2.45, 2.75) is 6.92 Å². The van der Waals surface area contributed by atoms with Crippen molar-refractivity contribution in [3.8, 4) is 17.2 Å². The smallest absolute Gasteiger partial charge is 0.167 e. The first-order chi connectivity index (χ1) is 9.51. The van der Waals surface area contributed by atoms with Crippen molar-refractivity contribution in [1.82, 2.24) is 0 Å². The van der Waals surface area contributed by atoms with Crippen molar-refractivity contribution < 1.29 is 18.3 Å². The molecule has 0 unspecified atom stereocenters. The molecule has 0 bridgehead atoms. The van der Waals surface area contributed by atoms with E-state index in [0.29, 0.717) is 12.4 Å². The van der Waals surface area contributed by atoms with Crippen LogP contribution in [-0.2, 0) is 0 Å². The van der Waals surface area contributed by atoms with E-state index in [1.165, 1.54) is 24.3 Å². The Kier molecular flexibility index (Phi) is 4.44. The van der Waals surface area contributed by atoms with Gasteiger partial charge in [0, 0.05) is 12.1 Å². The number of hydrogen-bond acceptors (Lipinski definition) is 3. The summed E-state index contributed by atoms with van der Waals surface area (Å²) in [6.45, 7) is 2.07. The van der Waals surface area contributed by atoms with Gasteiger partial charge in [0.05, 0.1) is 16.8 Å². The van der Waals surface area contributed by atoms with Gasteiger partial charge in [-0.15, -0.1) is 0 Å². The predicted molar refractivity (Wildman–Crippen MR) is 76.2 cm³/mol. The number of halogens is 3. The summed E-state index contributed by atoms with van der Waals surface area (Å²) >= 11 is 3.06. The summed E-state index contributed by atoms with van der Waals surface area (Å²) < 4.78 is 37.6. The third kappa shape index (κ3) is 3.19. The second kappa shape index (κ2) is 6.09. The Morgan fingerprint density at radius 2 is 1.85 bits per heavy atom. The topological polar surface area (TPSA) is 44.5 Å². The van der Waals surface area contributed by atoms with Gasteiger partial charge in [-0.1, -0.05) is 0 Å². The van der Waals surface area contributed by atoms with Crippen LogP contribution < -0.4 is 15.2 Å². The highest BCUT2D eigenvalue weighted by Gasteiger charge is 2.11. The van der Waals surface area contributed by atoms with E-state index >= 15 is 0 Å². The standard InChI is InChI=1S/C14H12BrF2NO2/c1-2-19-13-7-14(12(18)6-11(13)17)20-8-3-4-10(16)9(15)5-8/h3-7H,2,18H2,1H3. The second-order valence-electron chi connectivity index (χ2n) is 3.93. The number of benzene rings is 2. The molecule has 0 aliphatic carbocycles. The lowest BCUT2D eigenvalue weighted by atomic mass is 10.2. The average Bonchev–Trinajstić information content (AvgIpc) is 2.39. The van der Waals surface area contributed by atoms with E-state index in [1.54, 1.807) is 6.92 Å². The van der Waals surface area contributed by atoms with Crippen LogP contribution in [0.15, 0.2) is 34.8 Å². The molecule has 0 saturated heterocycles. The molecular weight excluding hydrogens is 332 g/mol. The molecule has 0 aromatic heterocycles. The Morgan fingerprint density at radius 1 is 1.10 bits per heavy atom. The normalized spacial score (nSPS) is 10.4. The second-order valence-corrected chi connectivity index (χ2v) is 4.79. The van der Waals surface area contributed by atoms with Crippen molar-refractivity contribution in [1.29, 1.82) is 0 Å². The quantitative estimate of drug-likeness (QED) is 0.831. The lowest BCUT2D eigenvalue weighted by molar-refractivity contribution is 0.319. The van der Waals surface area contributed by atoms with Gasteiger partial charge >= 0.3 is 0 Å². The van der Waals surface area contributed by atoms with E-state index in [0.717, 1.165) is 6.07 Å². The summed E-state index contributed by atoms with van der Waals surface area (Å²) in [7, 11) is 0. The van der Waals surface area contributed by atoms with Crippen LogP contribution in [-0.4, -0.2) is 6.61 Å². The van der Waals surface area contributed by atoms with Gasteiger partial charge in [-0.05, 0) is 41.1 Å². The summed E-state index contributed by atoms with van der Waals surface area (Å²) in [4.78, 5) is 0. The summed E-state index contributed by atoms with van der Waals surface area (Å²) in [5.41, 5.74) is 5.83. The molecule has 0 heterocycles. The molecule has 0 atom stereocenters. The Balaban J connectivity index is 2.32. The molecule has 0 amide bonds. The SMILES string of the molecule is CCOc1cc(Oc2ccc(F)c(Br)c2)c(N)cc1F. The fourth-order valence-corrected chi connectivity index (χ4v) is 1.93. The first kappa shape index (κ1) is 14.6. The van der Waals surface area contributed by atoms with Gasteiger partial charge in [-0.2, -0.15) is 0 Å². The van der Waals surface area contributed by atoms with Crippen LogP contribution in [0.2, 0.25) is 0 Å². The van der Waals surface area contributed by atoms with Gasteiger partial charge in [0.1, 0.15) is 11.6 Å². The molecule has 2 aromatic rings. The Hall–Kier alpha value is -1.82. The first-order valence-corrected chi connectivity index (χ1v) is 6.65. The van der Waals surface area contributed by atoms with Crippen molar-refractivity contribution in [2.24, 2.45) is 0 Å². The van der Waals surface area contributed by atoms with Crippen LogP contribution in [0.4, 0.5) is 14.5 Å². The zero-order valence-electron chi connectivity index (χ0n) is 10.6. The molecule has 6 heteroatoms. The number of nitrogen functional groups attached to an aromatic ring is 1. The maximum atomic E-state index is 13.6. The molecule has 0 saturated carbocycles. The molecule has 0 aliphatic heterocycles. The molecule has 0 radical (unpaired) electrons. The van der Waals surface area contributed by atoms with Crippen molar-refractivity contribution in [2.75, 3.05) is 12.3 Å². The molecule has 106 valence electrons. The van der Waals surface area contributed by atoms with Crippen molar-refractivity contribution in [3.05, 3.63) is 46.4 Å². The van der Waals surface area contributed by atoms with Gasteiger partial charge in [0.25, 0.3) is 0 Å². The fraction of sp³-hybridized carbons (Fsp3) is 0.143. The van der Waals surface area contributed by atoms with Crippen LogP contribution in [0.1, 0.15) is 6.92 Å². The maximum Gasteiger partial charge on any atom is 0.167 e. The molecule has 2 N–H and O–H groups in total. The van der Waals surface area contributed by atoms with Gasteiger partial charge < -0.3 is 15.2 Å². The molecule has 0 fully saturated rings. The third-order valence-electron chi connectivity index (χ3n) is 2.48. The van der Waals surface area contributed by atoms with E-state index in [9.17, 15) is 8.78 Å². The van der Waals surface area contributed by atoms with Gasteiger partial charge in [0.2, 0.25) is 0 Å². The molecule has 2 aromatic carbocycles. The highest BCUT2D eigenvalue weighted by molar-refractivity contribution is 9.10. The minimum atomic E-state index is -0.558. The van der Waals surface area contributed by atoms with E-state index < -0.39 is 11.6 Å². The molecular formula is C14H12BrF2NO2. The van der Waals surface area contributed by atoms with Crippen LogP contribution in [0, 0.1) is 11.6 Å². The summed E-state index contributed by atoms with van der Waals surface area (Å²) in [6, 6.07) is 6.65. The Morgan fingerprint density at radius 3 is 2.50 bits per heavy atom. The van der Waals surface area contributed by atoms with E-state index in [4.69, 9.17) is 15.2 Å². The van der Waals surface area contributed by atoms with E-state index in [2.05, 4.69) is 15.9 Å². The Labute approximate surface area is 123 Å². The number of anilines is 1. The first-order valence-electron chi connectivity index (χ1n) is 5.86. The van der Waals surface area contributed by atoms with Crippen LogP contribution in [0.25, 0.3) is 0 Å². The summed E-state index contributed by atoms with van der Waals surface area (Å²) in [6.07, 6.45) is 0. The number of rotatable bonds is 4. The highest BCUT2D eigenvalue weighted by atomic mass is 79.9. The monoisotopic (exact) mass is 343 g/mol. The molecule has 3 nitrogen and oxygen atoms in total. The summed E-state index contributed by atoms with van der Waals surface area (Å²) in [5.74, 6) is -0.290. The van der Waals surface area contributed by atoms with Crippen LogP contribution in [0.5, 0.6) is 17.2 Å². The Bertz CT molecular complexity index is 635. The molecule has 20 heavy (non-hydrogen) atoms. The zero-order chi connectivity index (χ0) is 14.7. The highest BCUT2D eigenvalue weighted by Crippen LogP contribution is 2.34. The zero-order valence-corrected chi connectivity index (χ0v) is 12.2. The van der Waals surface area contributed by atoms with Gasteiger partial charge in [0.15, 0.2) is 17.3 Å². The van der Waals surface area contributed by atoms with E-state index in [-0.39, 0.29) is 21.7 Å². The maximum absolute atomic E-state index is 13.6. The molecule has 0 aliphatic rings. The van der Waals surface area contributed by atoms with Crippen molar-refractivity contribution in [3.63, 3.8) is 0 Å². The van der Waals surface area contributed by atoms with Gasteiger partial charge in [-0.25, -0.2) is 8.78 Å². The number of nitrogens with two attached hydrogens (primary N) is 1. The van der Waals surface area contributed by atoms with Crippen LogP contribution >= 0.6 is 15.9 Å². The lowest BCUT2D eigenvalue weighted by Crippen LogP contribution is -1.99. The fourth-order valence-electron chi connectivity index (χ4n) is 1.57. The number of ether oxygens (including phenoxy) is 2. The minimum absolute atomic E-state index is 0.0536. The average molecular weight is 344 g/mol. The molecule has 2 rings (SSSR count). The van der Waals surface area contributed by atoms with Crippen LogP contribution in [0.3, 0.4) is 0 Å². The van der Waals surface area contributed by atoms with Gasteiger partial charge in [-0.3, -0.25) is 0 Å². The summed E-state index contributed by atoms with van der Waals surface area (Å²) in [5, 5.41) is 0.